The predicted octanol–water partition coefficient (Wildman–Crippen LogP) is 2.83. The molecule has 5 nitrogen and oxygen atoms in total. The normalized spacial score (nSPS) is 16.0. The molecule has 1 aliphatic heterocycles. The lowest BCUT2D eigenvalue weighted by Gasteiger charge is -2.31. The van der Waals surface area contributed by atoms with Crippen LogP contribution in [0.5, 0.6) is 0 Å². The van der Waals surface area contributed by atoms with Crippen LogP contribution in [0.1, 0.15) is 30.7 Å². The summed E-state index contributed by atoms with van der Waals surface area (Å²) in [6.07, 6.45) is 2.11. The minimum atomic E-state index is -0.339. The van der Waals surface area contributed by atoms with Gasteiger partial charge in [-0.25, -0.2) is 14.4 Å². The van der Waals surface area contributed by atoms with Crippen molar-refractivity contribution in [3.63, 3.8) is 0 Å². The van der Waals surface area contributed by atoms with Gasteiger partial charge in [0.2, 0.25) is 0 Å². The van der Waals surface area contributed by atoms with E-state index in [2.05, 4.69) is 9.97 Å². The van der Waals surface area contributed by atoms with Gasteiger partial charge in [0, 0.05) is 17.5 Å². The van der Waals surface area contributed by atoms with Crippen molar-refractivity contribution < 1.29 is 9.13 Å². The first-order valence-electron chi connectivity index (χ1n) is 8.18. The van der Waals surface area contributed by atoms with Gasteiger partial charge in [0.05, 0.1) is 29.8 Å². The minimum absolute atomic E-state index is 0.134. The number of pyridine rings is 1. The van der Waals surface area contributed by atoms with E-state index in [9.17, 15) is 9.18 Å². The lowest BCUT2D eigenvalue weighted by molar-refractivity contribution is -0.0411. The predicted molar refractivity (Wildman–Crippen MR) is 91.9 cm³/mol. The van der Waals surface area contributed by atoms with Gasteiger partial charge >= 0.3 is 0 Å². The van der Waals surface area contributed by atoms with Gasteiger partial charge in [0.25, 0.3) is 5.56 Å². The second-order valence-electron chi connectivity index (χ2n) is 6.96. The van der Waals surface area contributed by atoms with Crippen molar-refractivity contribution >= 4 is 11.0 Å². The molecule has 0 radical (unpaired) electrons. The molecule has 0 saturated heterocycles. The number of halogens is 1. The molecule has 3 aromatic rings. The molecule has 2 aromatic heterocycles. The van der Waals surface area contributed by atoms with Gasteiger partial charge in [0.15, 0.2) is 5.65 Å². The molecule has 128 valence electrons. The Morgan fingerprint density at radius 2 is 2.12 bits per heavy atom. The van der Waals surface area contributed by atoms with Gasteiger partial charge in [-0.2, -0.15) is 0 Å². The lowest BCUT2D eigenvalue weighted by Crippen LogP contribution is -2.33. The maximum atomic E-state index is 13.9. The van der Waals surface area contributed by atoms with E-state index in [1.54, 1.807) is 24.3 Å². The van der Waals surface area contributed by atoms with E-state index in [4.69, 9.17) is 4.74 Å². The highest BCUT2D eigenvalue weighted by Crippen LogP contribution is 2.27. The van der Waals surface area contributed by atoms with Crippen molar-refractivity contribution in [1.82, 2.24) is 14.5 Å². The number of rotatable bonds is 2. The van der Waals surface area contributed by atoms with Gasteiger partial charge < -0.3 is 4.74 Å². The Labute approximate surface area is 144 Å². The van der Waals surface area contributed by atoms with Crippen LogP contribution in [-0.2, 0) is 24.3 Å². The number of nitrogens with zero attached hydrogens (tertiary/aromatic N) is 3. The van der Waals surface area contributed by atoms with Crippen molar-refractivity contribution in [2.45, 2.75) is 39.0 Å². The zero-order valence-electron chi connectivity index (χ0n) is 14.1. The molecule has 0 fully saturated rings. The van der Waals surface area contributed by atoms with Gasteiger partial charge in [-0.15, -0.1) is 0 Å². The molecule has 0 unspecified atom stereocenters. The summed E-state index contributed by atoms with van der Waals surface area (Å²) >= 11 is 0. The monoisotopic (exact) mass is 339 g/mol. The maximum Gasteiger partial charge on any atom is 0.263 e. The van der Waals surface area contributed by atoms with Crippen molar-refractivity contribution in [3.05, 3.63) is 69.7 Å². The third-order valence-corrected chi connectivity index (χ3v) is 4.49. The molecule has 0 N–H and O–H groups in total. The average Bonchev–Trinajstić information content (AvgIpc) is 2.57. The fraction of sp³-hybridized carbons (Fsp3) is 0.316. The third-order valence-electron chi connectivity index (χ3n) is 4.49. The number of benzene rings is 1. The molecule has 0 atom stereocenters. The molecule has 4 rings (SSSR count). The highest BCUT2D eigenvalue weighted by molar-refractivity contribution is 5.74. The Kier molecular flexibility index (Phi) is 3.65. The van der Waals surface area contributed by atoms with E-state index < -0.39 is 0 Å². The summed E-state index contributed by atoms with van der Waals surface area (Å²) < 4.78 is 21.1. The van der Waals surface area contributed by atoms with Crippen molar-refractivity contribution in [1.29, 1.82) is 0 Å². The van der Waals surface area contributed by atoms with Crippen LogP contribution in [-0.4, -0.2) is 20.1 Å². The Morgan fingerprint density at radius 1 is 1.32 bits per heavy atom. The fourth-order valence-electron chi connectivity index (χ4n) is 3.10. The van der Waals surface area contributed by atoms with Crippen LogP contribution < -0.4 is 5.56 Å². The molecule has 0 aliphatic carbocycles. The summed E-state index contributed by atoms with van der Waals surface area (Å²) in [6.45, 7) is 4.59. The molecule has 0 amide bonds. The highest BCUT2D eigenvalue weighted by atomic mass is 19.1. The van der Waals surface area contributed by atoms with Gasteiger partial charge in [-0.05, 0) is 26.0 Å². The smallest absolute Gasteiger partial charge is 0.263 e. The summed E-state index contributed by atoms with van der Waals surface area (Å²) in [6, 6.07) is 8.21. The molecule has 6 heteroatoms. The average molecular weight is 339 g/mol. The van der Waals surface area contributed by atoms with E-state index in [1.807, 2.05) is 13.8 Å². The van der Waals surface area contributed by atoms with Crippen LogP contribution in [0.15, 0.2) is 41.5 Å². The number of aromatic nitrogens is 3. The van der Waals surface area contributed by atoms with Crippen LogP contribution in [0.4, 0.5) is 4.39 Å². The molecular formula is C19H18FN3O2. The molecule has 0 saturated carbocycles. The maximum absolute atomic E-state index is 13.9. The van der Waals surface area contributed by atoms with Crippen LogP contribution >= 0.6 is 0 Å². The van der Waals surface area contributed by atoms with Gasteiger partial charge in [0.1, 0.15) is 12.1 Å². The zero-order valence-corrected chi connectivity index (χ0v) is 14.1. The first kappa shape index (κ1) is 15.9. The van der Waals surface area contributed by atoms with Gasteiger partial charge in [-0.1, -0.05) is 18.2 Å². The standard InChI is InChI=1S/C19H18FN3O2/c1-19(2)8-16-13(10-25-19)7-14-17(22-16)21-11-23(18(14)24)9-12-5-3-4-6-15(12)20/h3-7,11H,8-10H2,1-2H3. The number of hydrogen-bond acceptors (Lipinski definition) is 4. The number of fused-ring (bicyclic) bond motifs is 2. The Hall–Kier alpha value is -2.60. The second kappa shape index (κ2) is 5.74. The molecule has 1 aliphatic rings. The van der Waals surface area contributed by atoms with Crippen LogP contribution in [0, 0.1) is 5.82 Å². The largest absolute Gasteiger partial charge is 0.370 e. The van der Waals surface area contributed by atoms with Gasteiger partial charge in [-0.3, -0.25) is 9.36 Å². The Morgan fingerprint density at radius 3 is 2.92 bits per heavy atom. The third kappa shape index (κ3) is 2.93. The summed E-state index contributed by atoms with van der Waals surface area (Å²) in [5, 5.41) is 0.431. The van der Waals surface area contributed by atoms with E-state index >= 15 is 0 Å². The van der Waals surface area contributed by atoms with E-state index in [-0.39, 0.29) is 23.5 Å². The Balaban J connectivity index is 1.78. The SMILES string of the molecule is CC1(C)Cc2nc3ncn(Cc4ccccc4F)c(=O)c3cc2CO1. The molecule has 0 spiro atoms. The van der Waals surface area contributed by atoms with Crippen LogP contribution in [0.25, 0.3) is 11.0 Å². The molecule has 0 bridgehead atoms. The summed E-state index contributed by atoms with van der Waals surface area (Å²) in [5.74, 6) is -0.339. The summed E-state index contributed by atoms with van der Waals surface area (Å²) in [7, 11) is 0. The highest BCUT2D eigenvalue weighted by Gasteiger charge is 2.27. The number of ether oxygens (including phenoxy) is 1. The van der Waals surface area contributed by atoms with E-state index in [1.165, 1.54) is 17.0 Å². The molecule has 3 heterocycles. The molecule has 1 aromatic carbocycles. The second-order valence-corrected chi connectivity index (χ2v) is 6.96. The van der Waals surface area contributed by atoms with Crippen molar-refractivity contribution in [2.24, 2.45) is 0 Å². The summed E-state index contributed by atoms with van der Waals surface area (Å²) in [5.41, 5.74) is 2.20. The molecular weight excluding hydrogens is 321 g/mol. The van der Waals surface area contributed by atoms with E-state index in [0.717, 1.165) is 11.3 Å². The fourth-order valence-corrected chi connectivity index (χ4v) is 3.10. The number of hydrogen-bond donors (Lipinski definition) is 0. The molecule has 25 heavy (non-hydrogen) atoms. The minimum Gasteiger partial charge on any atom is -0.370 e. The first-order chi connectivity index (χ1) is 11.9. The lowest BCUT2D eigenvalue weighted by atomic mass is 9.95. The van der Waals surface area contributed by atoms with Crippen LogP contribution in [0.3, 0.4) is 0 Å². The zero-order chi connectivity index (χ0) is 17.6. The quantitative estimate of drug-likeness (QED) is 0.720. The van der Waals surface area contributed by atoms with Crippen molar-refractivity contribution in [2.75, 3.05) is 0 Å². The van der Waals surface area contributed by atoms with E-state index in [0.29, 0.717) is 29.6 Å². The van der Waals surface area contributed by atoms with Crippen molar-refractivity contribution in [3.8, 4) is 0 Å². The topological polar surface area (TPSA) is 57.0 Å². The Bertz CT molecular complexity index is 1030. The first-order valence-corrected chi connectivity index (χ1v) is 8.18. The van der Waals surface area contributed by atoms with Crippen LogP contribution in [0.2, 0.25) is 0 Å². The summed E-state index contributed by atoms with van der Waals surface area (Å²) in [4.78, 5) is 21.6.